The molecule has 2 aliphatic heterocycles. The van der Waals surface area contributed by atoms with E-state index in [0.717, 1.165) is 11.3 Å². The van der Waals surface area contributed by atoms with Crippen molar-refractivity contribution in [1.29, 1.82) is 0 Å². The Bertz CT molecular complexity index is 1360. The zero-order valence-corrected chi connectivity index (χ0v) is 28.5. The maximum Gasteiger partial charge on any atom is 0.265 e. The highest BCUT2D eigenvalue weighted by atomic mass is 32.1. The van der Waals surface area contributed by atoms with Gasteiger partial charge in [0.05, 0.1) is 48.6 Å². The van der Waals surface area contributed by atoms with Gasteiger partial charge in [-0.05, 0) is 45.4 Å². The highest BCUT2D eigenvalue weighted by Crippen LogP contribution is 2.52. The summed E-state index contributed by atoms with van der Waals surface area (Å²) in [5, 5.41) is 3.02. The van der Waals surface area contributed by atoms with Crippen molar-refractivity contribution in [3.05, 3.63) is 16.6 Å². The largest absolute Gasteiger partial charge is 0.376 e. The van der Waals surface area contributed by atoms with Gasteiger partial charge < -0.3 is 24.6 Å². The van der Waals surface area contributed by atoms with Gasteiger partial charge in [-0.3, -0.25) is 19.4 Å². The zero-order valence-electron chi connectivity index (χ0n) is 27.7. The number of alkyl halides is 6. The Hall–Kier alpha value is -2.46. The van der Waals surface area contributed by atoms with Crippen LogP contribution in [0, 0.1) is 23.2 Å². The molecule has 1 N–H and O–H groups in total. The summed E-state index contributed by atoms with van der Waals surface area (Å²) in [6, 6.07) is -0.756. The number of aromatic nitrogens is 1. The second-order valence-corrected chi connectivity index (χ2v) is 15.8. The first-order valence-electron chi connectivity index (χ1n) is 17.1. The fourth-order valence-electron chi connectivity index (χ4n) is 7.93. The van der Waals surface area contributed by atoms with Crippen molar-refractivity contribution >= 4 is 29.1 Å². The van der Waals surface area contributed by atoms with Gasteiger partial charge in [-0.1, -0.05) is 0 Å². The van der Waals surface area contributed by atoms with Crippen LogP contribution in [0.15, 0.2) is 11.7 Å². The van der Waals surface area contributed by atoms with Gasteiger partial charge in [0.1, 0.15) is 10.8 Å². The Balaban J connectivity index is 1.16. The number of likely N-dealkylation sites (tertiary alicyclic amines) is 2. The average Bonchev–Trinajstić information content (AvgIpc) is 3.38. The van der Waals surface area contributed by atoms with Crippen LogP contribution in [0.2, 0.25) is 0 Å². The van der Waals surface area contributed by atoms with Gasteiger partial charge in [0.2, 0.25) is 23.7 Å². The molecule has 5 atom stereocenters. The van der Waals surface area contributed by atoms with E-state index in [-0.39, 0.29) is 83.1 Å². The molecule has 3 heterocycles. The van der Waals surface area contributed by atoms with Crippen LogP contribution in [0.5, 0.6) is 0 Å². The Morgan fingerprint density at radius 2 is 1.53 bits per heavy atom. The van der Waals surface area contributed by atoms with Crippen molar-refractivity contribution in [2.24, 2.45) is 23.2 Å². The third-order valence-electron chi connectivity index (χ3n) is 11.3. The highest BCUT2D eigenvalue weighted by molar-refractivity contribution is 7.11. The molecule has 1 aromatic rings. The molecule has 5 aliphatic rings. The molecule has 3 aliphatic carbocycles. The summed E-state index contributed by atoms with van der Waals surface area (Å²) in [6.45, 7) is 3.73. The monoisotopic (exact) mass is 722 g/mol. The molecule has 2 saturated heterocycles. The molecule has 0 aromatic carbocycles. The number of carbonyl (C=O) groups is 3. The number of carbonyl (C=O) groups excluding carboxylic acids is 3. The number of hydrogen-bond donors (Lipinski definition) is 1. The van der Waals surface area contributed by atoms with E-state index in [1.54, 1.807) is 6.92 Å². The summed E-state index contributed by atoms with van der Waals surface area (Å²) >= 11 is 1.15. The van der Waals surface area contributed by atoms with Crippen LogP contribution in [0.1, 0.15) is 81.3 Å². The van der Waals surface area contributed by atoms with Crippen LogP contribution >= 0.6 is 11.3 Å². The summed E-state index contributed by atoms with van der Waals surface area (Å²) in [4.78, 5) is 47.5. The molecule has 49 heavy (non-hydrogen) atoms. The first-order valence-corrected chi connectivity index (χ1v) is 18.0. The van der Waals surface area contributed by atoms with Crippen molar-refractivity contribution in [2.75, 3.05) is 32.8 Å². The van der Waals surface area contributed by atoms with E-state index >= 15 is 0 Å². The summed E-state index contributed by atoms with van der Waals surface area (Å²) in [5.74, 6) is -12.2. The van der Waals surface area contributed by atoms with Crippen molar-refractivity contribution in [3.63, 3.8) is 0 Å². The molecule has 0 bridgehead atoms. The predicted octanol–water partition coefficient (Wildman–Crippen LogP) is 5.40. The van der Waals surface area contributed by atoms with Gasteiger partial charge in [-0.25, -0.2) is 26.3 Å². The van der Waals surface area contributed by atoms with E-state index < -0.39 is 77.6 Å². The van der Waals surface area contributed by atoms with Gasteiger partial charge in [0, 0.05) is 63.7 Å². The Labute approximate surface area is 285 Å². The minimum atomic E-state index is -3.03. The van der Waals surface area contributed by atoms with Gasteiger partial charge >= 0.3 is 0 Å². The van der Waals surface area contributed by atoms with Crippen molar-refractivity contribution < 1.29 is 50.2 Å². The lowest BCUT2D eigenvalue weighted by Crippen LogP contribution is -2.65. The fraction of sp³-hybridized carbons (Fsp3) is 0.818. The Morgan fingerprint density at radius 1 is 0.939 bits per heavy atom. The molecule has 3 saturated carbocycles. The fourth-order valence-corrected chi connectivity index (χ4v) is 8.51. The van der Waals surface area contributed by atoms with E-state index in [4.69, 9.17) is 9.47 Å². The van der Waals surface area contributed by atoms with Crippen LogP contribution in [0.25, 0.3) is 0 Å². The third kappa shape index (κ3) is 8.05. The lowest BCUT2D eigenvalue weighted by atomic mass is 9.71. The smallest absolute Gasteiger partial charge is 0.265 e. The van der Waals surface area contributed by atoms with Gasteiger partial charge in [-0.2, -0.15) is 0 Å². The molecule has 1 aromatic heterocycles. The van der Waals surface area contributed by atoms with Crippen LogP contribution in [-0.2, 0) is 19.1 Å². The summed E-state index contributed by atoms with van der Waals surface area (Å²) in [6.07, 6.45) is -0.757. The molecule has 1 spiro atoms. The third-order valence-corrected chi connectivity index (χ3v) is 12.0. The quantitative estimate of drug-likeness (QED) is 0.308. The lowest BCUT2D eigenvalue weighted by molar-refractivity contribution is -0.153. The Morgan fingerprint density at radius 3 is 2.10 bits per heavy atom. The summed E-state index contributed by atoms with van der Waals surface area (Å²) in [7, 11) is 0. The zero-order chi connectivity index (χ0) is 35.4. The molecule has 6 rings (SSSR count). The average molecular weight is 723 g/mol. The topological polar surface area (TPSA) is 101 Å². The molecule has 1 unspecified atom stereocenters. The van der Waals surface area contributed by atoms with E-state index in [2.05, 4.69) is 10.3 Å². The van der Waals surface area contributed by atoms with Crippen molar-refractivity contribution in [3.8, 4) is 0 Å². The number of halogens is 6. The first-order chi connectivity index (χ1) is 23.0. The summed E-state index contributed by atoms with van der Waals surface area (Å²) < 4.78 is 95.0. The normalized spacial score (nSPS) is 29.2. The van der Waals surface area contributed by atoms with Crippen molar-refractivity contribution in [2.45, 2.75) is 114 Å². The SMILES string of the molecule is CC(O[C@H](C)[C@@H](COC1CCC(F)(F)CC1)NC(=O)[C@@H]1CN(C(=O)c2cncs2)CC12CN(C(=O)[C@H]1CC1(F)F)C2)C1CCC(F)(F)CC1. The van der Waals surface area contributed by atoms with Crippen molar-refractivity contribution in [1.82, 2.24) is 20.1 Å². The molecule has 16 heteroatoms. The maximum absolute atomic E-state index is 14.2. The Kier molecular flexibility index (Phi) is 10.1. The van der Waals surface area contributed by atoms with E-state index in [1.165, 1.54) is 21.5 Å². The molecular weight excluding hydrogens is 678 g/mol. The number of hydrogen-bond acceptors (Lipinski definition) is 7. The molecule has 0 radical (unpaired) electrons. The predicted molar refractivity (Wildman–Crippen MR) is 166 cm³/mol. The maximum atomic E-state index is 14.2. The van der Waals surface area contributed by atoms with E-state index in [1.807, 2.05) is 6.92 Å². The lowest BCUT2D eigenvalue weighted by Gasteiger charge is -2.50. The second kappa shape index (κ2) is 13.6. The highest BCUT2D eigenvalue weighted by Gasteiger charge is 2.66. The number of nitrogens with zero attached hydrogens (tertiary/aromatic N) is 3. The molecule has 5 fully saturated rings. The standard InChI is InChI=1S/C33H44F6N4O5S/c1-19(21-3-7-31(34,35)8-4-21)48-20(2)25(14-47-22-5-9-32(36,37)10-6-22)41-27(44)24-13-42(29(46)26-12-40-18-49-26)15-30(24)16-43(17-30)28(45)23-11-33(23,38)39/h12,18-25H,3-11,13-17H2,1-2H3,(H,41,44)/t19?,20-,23-,24+,25-/m1/s1. The van der Waals surface area contributed by atoms with Crippen LogP contribution in [-0.4, -0.2) is 107 Å². The molecule has 9 nitrogen and oxygen atoms in total. The van der Waals surface area contributed by atoms with Gasteiger partial charge in [0.15, 0.2) is 0 Å². The number of amides is 3. The van der Waals surface area contributed by atoms with Gasteiger partial charge in [0.25, 0.3) is 11.8 Å². The molecular formula is C33H44F6N4O5S. The van der Waals surface area contributed by atoms with E-state index in [0.29, 0.717) is 17.7 Å². The minimum Gasteiger partial charge on any atom is -0.376 e. The number of rotatable bonds is 11. The van der Waals surface area contributed by atoms with Gasteiger partial charge in [-0.15, -0.1) is 11.3 Å². The second-order valence-electron chi connectivity index (χ2n) is 14.9. The summed E-state index contributed by atoms with van der Waals surface area (Å²) in [5.41, 5.74) is 0.650. The number of thiazole rings is 1. The first kappa shape index (κ1) is 36.3. The number of nitrogens with one attached hydrogen (secondary N) is 1. The molecule has 274 valence electrons. The van der Waals surface area contributed by atoms with Crippen LogP contribution < -0.4 is 5.32 Å². The molecule has 3 amide bonds. The van der Waals surface area contributed by atoms with Crippen LogP contribution in [0.3, 0.4) is 0 Å². The van der Waals surface area contributed by atoms with E-state index in [9.17, 15) is 40.7 Å². The number of ether oxygens (including phenoxy) is 2. The minimum absolute atomic E-state index is 0.0252. The van der Waals surface area contributed by atoms with Crippen LogP contribution in [0.4, 0.5) is 26.3 Å².